The molecule has 0 saturated carbocycles. The summed E-state index contributed by atoms with van der Waals surface area (Å²) in [5.41, 5.74) is 5.76. The van der Waals surface area contributed by atoms with Crippen molar-refractivity contribution in [3.8, 4) is 0 Å². The predicted molar refractivity (Wildman–Crippen MR) is 59.1 cm³/mol. The molecule has 1 saturated heterocycles. The molecule has 84 valence electrons. The Morgan fingerprint density at radius 1 is 1.36 bits per heavy atom. The number of likely N-dealkylation sites (tertiary alicyclic amines) is 1. The Kier molecular flexibility index (Phi) is 4.35. The van der Waals surface area contributed by atoms with E-state index in [1.165, 1.54) is 0 Å². The van der Waals surface area contributed by atoms with E-state index >= 15 is 0 Å². The van der Waals surface area contributed by atoms with Crippen LogP contribution < -0.4 is 5.73 Å². The van der Waals surface area contributed by atoms with Crippen LogP contribution in [0.2, 0.25) is 0 Å². The highest BCUT2D eigenvalue weighted by atomic mass is 16.3. The van der Waals surface area contributed by atoms with Gasteiger partial charge < -0.3 is 15.7 Å². The lowest BCUT2D eigenvalue weighted by Crippen LogP contribution is -2.44. The molecular weight excluding hydrogens is 176 g/mol. The molecule has 0 amide bonds. The lowest BCUT2D eigenvalue weighted by molar-refractivity contribution is 0.176. The fourth-order valence-electron chi connectivity index (χ4n) is 2.13. The number of hydrogen-bond donors (Lipinski definition) is 2. The lowest BCUT2D eigenvalue weighted by atomic mass is 9.93. The first-order chi connectivity index (χ1) is 6.56. The van der Waals surface area contributed by atoms with Crippen LogP contribution in [-0.2, 0) is 0 Å². The summed E-state index contributed by atoms with van der Waals surface area (Å²) >= 11 is 0. The van der Waals surface area contributed by atoms with Gasteiger partial charge in [-0.1, -0.05) is 13.8 Å². The van der Waals surface area contributed by atoms with Gasteiger partial charge in [-0.2, -0.15) is 0 Å². The third kappa shape index (κ3) is 3.56. The summed E-state index contributed by atoms with van der Waals surface area (Å²) in [6.45, 7) is 7.94. The van der Waals surface area contributed by atoms with Gasteiger partial charge in [-0.25, -0.2) is 0 Å². The highest BCUT2D eigenvalue weighted by molar-refractivity contribution is 4.87. The first-order valence-corrected chi connectivity index (χ1v) is 5.68. The number of nitrogens with zero attached hydrogens (tertiary/aromatic N) is 1. The number of rotatable bonds is 3. The van der Waals surface area contributed by atoms with Crippen LogP contribution >= 0.6 is 0 Å². The van der Waals surface area contributed by atoms with Crippen LogP contribution in [0.1, 0.15) is 33.1 Å². The monoisotopic (exact) mass is 200 g/mol. The minimum Gasteiger partial charge on any atom is -0.394 e. The van der Waals surface area contributed by atoms with E-state index in [4.69, 9.17) is 5.73 Å². The van der Waals surface area contributed by atoms with Gasteiger partial charge in [-0.05, 0) is 38.3 Å². The van der Waals surface area contributed by atoms with Crippen LogP contribution in [0.5, 0.6) is 0 Å². The standard InChI is InChI=1S/C11H24N2O/c1-10(2)8-13-6-3-4-11(12,9-14)5-7-13/h10,14H,3-9,12H2,1-2H3. The van der Waals surface area contributed by atoms with Gasteiger partial charge in [-0.15, -0.1) is 0 Å². The average Bonchev–Trinajstić information content (AvgIpc) is 2.29. The average molecular weight is 200 g/mol. The third-order valence-electron chi connectivity index (χ3n) is 3.01. The number of hydrogen-bond acceptors (Lipinski definition) is 3. The summed E-state index contributed by atoms with van der Waals surface area (Å²) < 4.78 is 0. The molecule has 0 aromatic heterocycles. The molecule has 0 aromatic carbocycles. The molecule has 1 fully saturated rings. The van der Waals surface area contributed by atoms with Gasteiger partial charge in [-0.3, -0.25) is 0 Å². The fourth-order valence-corrected chi connectivity index (χ4v) is 2.13. The third-order valence-corrected chi connectivity index (χ3v) is 3.01. The molecular formula is C11H24N2O. The Balaban J connectivity index is 2.40. The molecule has 3 nitrogen and oxygen atoms in total. The van der Waals surface area contributed by atoms with Crippen molar-refractivity contribution in [1.82, 2.24) is 4.90 Å². The molecule has 0 bridgehead atoms. The highest BCUT2D eigenvalue weighted by Gasteiger charge is 2.27. The first kappa shape index (κ1) is 12.0. The summed E-state index contributed by atoms with van der Waals surface area (Å²) in [5, 5.41) is 9.20. The second-order valence-electron chi connectivity index (χ2n) is 5.07. The predicted octanol–water partition coefficient (Wildman–Crippen LogP) is 0.818. The molecule has 1 aliphatic rings. The minimum atomic E-state index is -0.314. The second-order valence-corrected chi connectivity index (χ2v) is 5.07. The van der Waals surface area contributed by atoms with Gasteiger partial charge in [0.25, 0.3) is 0 Å². The van der Waals surface area contributed by atoms with E-state index in [0.29, 0.717) is 0 Å². The van der Waals surface area contributed by atoms with Crippen LogP contribution in [0.25, 0.3) is 0 Å². The molecule has 0 radical (unpaired) electrons. The Hall–Kier alpha value is -0.120. The van der Waals surface area contributed by atoms with Crippen molar-refractivity contribution >= 4 is 0 Å². The van der Waals surface area contributed by atoms with Gasteiger partial charge in [0.05, 0.1) is 6.61 Å². The largest absolute Gasteiger partial charge is 0.394 e. The van der Waals surface area contributed by atoms with Gasteiger partial charge in [0.1, 0.15) is 0 Å². The van der Waals surface area contributed by atoms with Crippen LogP contribution in [0, 0.1) is 5.92 Å². The van der Waals surface area contributed by atoms with Crippen LogP contribution in [-0.4, -0.2) is 41.8 Å². The molecule has 1 heterocycles. The lowest BCUT2D eigenvalue weighted by Gasteiger charge is -2.26. The highest BCUT2D eigenvalue weighted by Crippen LogP contribution is 2.19. The van der Waals surface area contributed by atoms with Crippen molar-refractivity contribution in [1.29, 1.82) is 0 Å². The van der Waals surface area contributed by atoms with Crippen molar-refractivity contribution < 1.29 is 5.11 Å². The van der Waals surface area contributed by atoms with Gasteiger partial charge >= 0.3 is 0 Å². The Labute approximate surface area is 87.3 Å². The Bertz CT molecular complexity index is 173. The quantitative estimate of drug-likeness (QED) is 0.709. The van der Waals surface area contributed by atoms with Crippen molar-refractivity contribution in [2.45, 2.75) is 38.6 Å². The molecule has 1 unspecified atom stereocenters. The van der Waals surface area contributed by atoms with E-state index in [0.717, 1.165) is 44.8 Å². The van der Waals surface area contributed by atoms with Crippen molar-refractivity contribution in [3.63, 3.8) is 0 Å². The van der Waals surface area contributed by atoms with E-state index in [1.54, 1.807) is 0 Å². The first-order valence-electron chi connectivity index (χ1n) is 5.68. The summed E-state index contributed by atoms with van der Waals surface area (Å²) in [4.78, 5) is 2.47. The molecule has 1 aliphatic heterocycles. The van der Waals surface area contributed by atoms with E-state index in [9.17, 15) is 5.11 Å². The maximum atomic E-state index is 9.20. The Morgan fingerprint density at radius 2 is 2.07 bits per heavy atom. The molecule has 1 rings (SSSR count). The number of aliphatic hydroxyl groups excluding tert-OH is 1. The minimum absolute atomic E-state index is 0.127. The number of aliphatic hydroxyl groups is 1. The summed E-state index contributed by atoms with van der Waals surface area (Å²) in [5.74, 6) is 0.717. The van der Waals surface area contributed by atoms with Gasteiger partial charge in [0.2, 0.25) is 0 Å². The summed E-state index contributed by atoms with van der Waals surface area (Å²) in [6.07, 6.45) is 3.00. The molecule has 3 heteroatoms. The zero-order chi connectivity index (χ0) is 10.6. The van der Waals surface area contributed by atoms with Crippen LogP contribution in [0.4, 0.5) is 0 Å². The fraction of sp³-hybridized carbons (Fsp3) is 1.00. The smallest absolute Gasteiger partial charge is 0.0611 e. The van der Waals surface area contributed by atoms with Crippen LogP contribution in [0.15, 0.2) is 0 Å². The maximum absolute atomic E-state index is 9.20. The second kappa shape index (κ2) is 5.10. The van der Waals surface area contributed by atoms with E-state index < -0.39 is 0 Å². The van der Waals surface area contributed by atoms with Crippen molar-refractivity contribution in [2.24, 2.45) is 11.7 Å². The number of nitrogens with two attached hydrogens (primary N) is 1. The Morgan fingerprint density at radius 3 is 2.64 bits per heavy atom. The normalized spacial score (nSPS) is 30.6. The zero-order valence-electron chi connectivity index (χ0n) is 9.50. The zero-order valence-corrected chi connectivity index (χ0v) is 9.50. The van der Waals surface area contributed by atoms with Gasteiger partial charge in [0, 0.05) is 12.1 Å². The van der Waals surface area contributed by atoms with Crippen molar-refractivity contribution in [3.05, 3.63) is 0 Å². The van der Waals surface area contributed by atoms with Gasteiger partial charge in [0.15, 0.2) is 0 Å². The van der Waals surface area contributed by atoms with Crippen LogP contribution in [0.3, 0.4) is 0 Å². The van der Waals surface area contributed by atoms with E-state index in [-0.39, 0.29) is 12.1 Å². The SMILES string of the molecule is CC(C)CN1CCCC(N)(CO)CC1. The summed E-state index contributed by atoms with van der Waals surface area (Å²) in [6, 6.07) is 0. The maximum Gasteiger partial charge on any atom is 0.0611 e. The molecule has 3 N–H and O–H groups in total. The molecule has 14 heavy (non-hydrogen) atoms. The molecule has 0 aliphatic carbocycles. The van der Waals surface area contributed by atoms with Crippen molar-refractivity contribution in [2.75, 3.05) is 26.2 Å². The molecule has 0 spiro atoms. The van der Waals surface area contributed by atoms with E-state index in [1.807, 2.05) is 0 Å². The molecule has 1 atom stereocenters. The van der Waals surface area contributed by atoms with E-state index in [2.05, 4.69) is 18.7 Å². The topological polar surface area (TPSA) is 49.5 Å². The summed E-state index contributed by atoms with van der Waals surface area (Å²) in [7, 11) is 0. The molecule has 0 aromatic rings.